The molecule has 0 fully saturated rings. The lowest BCUT2D eigenvalue weighted by atomic mass is 9.97. The van der Waals surface area contributed by atoms with Gasteiger partial charge in [0.2, 0.25) is 5.89 Å². The second-order valence-corrected chi connectivity index (χ2v) is 12.4. The highest BCUT2D eigenvalue weighted by molar-refractivity contribution is 7.89. The molecule has 0 bridgehead atoms. The summed E-state index contributed by atoms with van der Waals surface area (Å²) in [6, 6.07) is 7.14. The SMILES string of the molecule is CC(C)(C)c1nc(CCNC(=O)Nc2nc3ccc(-c4cncc(CS(C)(=O)=O)c4)cc3s2)no1. The van der Waals surface area contributed by atoms with E-state index in [1.54, 1.807) is 12.4 Å². The summed E-state index contributed by atoms with van der Waals surface area (Å²) < 4.78 is 29.3. The summed E-state index contributed by atoms with van der Waals surface area (Å²) in [5, 5.41) is 9.94. The summed E-state index contributed by atoms with van der Waals surface area (Å²) in [7, 11) is -3.15. The van der Waals surface area contributed by atoms with Crippen LogP contribution in [0.1, 0.15) is 38.0 Å². The smallest absolute Gasteiger partial charge is 0.321 e. The highest BCUT2D eigenvalue weighted by Crippen LogP contribution is 2.30. The van der Waals surface area contributed by atoms with Gasteiger partial charge in [-0.05, 0) is 29.3 Å². The number of hydrogen-bond donors (Lipinski definition) is 2. The van der Waals surface area contributed by atoms with Crippen molar-refractivity contribution in [2.45, 2.75) is 38.4 Å². The van der Waals surface area contributed by atoms with Gasteiger partial charge in [0.1, 0.15) is 0 Å². The van der Waals surface area contributed by atoms with E-state index >= 15 is 0 Å². The Morgan fingerprint density at radius 2 is 1.91 bits per heavy atom. The Labute approximate surface area is 207 Å². The summed E-state index contributed by atoms with van der Waals surface area (Å²) in [4.78, 5) is 25.3. The topological polar surface area (TPSA) is 140 Å². The minimum atomic E-state index is -3.15. The number of amides is 2. The number of fused-ring (bicyclic) bond motifs is 1. The minimum absolute atomic E-state index is 0.0652. The number of pyridine rings is 1. The minimum Gasteiger partial charge on any atom is -0.339 e. The highest BCUT2D eigenvalue weighted by Gasteiger charge is 2.21. The summed E-state index contributed by atoms with van der Waals surface area (Å²) in [6.45, 7) is 6.32. The average molecular weight is 515 g/mol. The van der Waals surface area contributed by atoms with Crippen molar-refractivity contribution in [2.24, 2.45) is 0 Å². The number of nitrogens with one attached hydrogen (secondary N) is 2. The first-order valence-electron chi connectivity index (χ1n) is 10.9. The number of hydrogen-bond acceptors (Lipinski definition) is 9. The van der Waals surface area contributed by atoms with Crippen molar-refractivity contribution in [3.05, 3.63) is 53.9 Å². The molecule has 10 nitrogen and oxygen atoms in total. The standard InChI is InChI=1S/C23H26N6O4S2/c1-23(2,3)20-27-19(29-33-20)7-8-25-21(30)28-22-26-17-6-5-15(10-18(17)34-22)16-9-14(11-24-12-16)13-35(4,31)32/h5-6,9-12H,7-8,13H2,1-4H3,(H2,25,26,28,30). The zero-order chi connectivity index (χ0) is 25.2. The van der Waals surface area contributed by atoms with E-state index in [1.807, 2.05) is 45.0 Å². The predicted molar refractivity (Wildman–Crippen MR) is 135 cm³/mol. The third kappa shape index (κ3) is 6.61. The van der Waals surface area contributed by atoms with Gasteiger partial charge in [-0.25, -0.2) is 18.2 Å². The van der Waals surface area contributed by atoms with Gasteiger partial charge in [-0.1, -0.05) is 43.3 Å². The maximum atomic E-state index is 12.3. The number of carbonyl (C=O) groups is 1. The molecule has 0 radical (unpaired) electrons. The lowest BCUT2D eigenvalue weighted by Crippen LogP contribution is -2.30. The number of thiazole rings is 1. The largest absolute Gasteiger partial charge is 0.339 e. The third-order valence-electron chi connectivity index (χ3n) is 4.91. The van der Waals surface area contributed by atoms with E-state index in [0.717, 1.165) is 21.3 Å². The van der Waals surface area contributed by atoms with Crippen LogP contribution in [0.5, 0.6) is 0 Å². The number of anilines is 1. The van der Waals surface area contributed by atoms with Crippen LogP contribution >= 0.6 is 11.3 Å². The third-order valence-corrected chi connectivity index (χ3v) is 6.70. The summed E-state index contributed by atoms with van der Waals surface area (Å²) >= 11 is 1.35. The van der Waals surface area contributed by atoms with Crippen LogP contribution in [-0.4, -0.2) is 47.4 Å². The quantitative estimate of drug-likeness (QED) is 0.378. The molecule has 0 saturated heterocycles. The molecule has 0 saturated carbocycles. The van der Waals surface area contributed by atoms with Gasteiger partial charge in [-0.2, -0.15) is 4.98 Å². The maximum Gasteiger partial charge on any atom is 0.321 e. The van der Waals surface area contributed by atoms with Gasteiger partial charge < -0.3 is 9.84 Å². The molecule has 4 aromatic rings. The predicted octanol–water partition coefficient (Wildman–Crippen LogP) is 3.95. The molecule has 1 aromatic carbocycles. The van der Waals surface area contributed by atoms with Crippen molar-refractivity contribution >= 4 is 42.6 Å². The first-order chi connectivity index (χ1) is 16.5. The van der Waals surface area contributed by atoms with Crippen molar-refractivity contribution in [1.29, 1.82) is 0 Å². The fraction of sp³-hybridized carbons (Fsp3) is 0.348. The van der Waals surface area contributed by atoms with Gasteiger partial charge >= 0.3 is 6.03 Å². The number of aromatic nitrogens is 4. The monoisotopic (exact) mass is 514 g/mol. The summed E-state index contributed by atoms with van der Waals surface area (Å²) in [5.74, 6) is 1.03. The molecule has 3 aromatic heterocycles. The second kappa shape index (κ2) is 9.70. The molecular weight excluding hydrogens is 488 g/mol. The normalized spacial score (nSPS) is 12.1. The van der Waals surface area contributed by atoms with Crippen LogP contribution in [0.15, 0.2) is 41.2 Å². The molecular formula is C23H26N6O4S2. The first-order valence-corrected chi connectivity index (χ1v) is 13.7. The Balaban J connectivity index is 1.38. The number of rotatable bonds is 7. The van der Waals surface area contributed by atoms with Gasteiger partial charge in [0.25, 0.3) is 0 Å². The van der Waals surface area contributed by atoms with Crippen molar-refractivity contribution in [2.75, 3.05) is 18.1 Å². The van der Waals surface area contributed by atoms with E-state index in [0.29, 0.717) is 35.4 Å². The molecule has 0 aliphatic rings. The fourth-order valence-corrected chi connectivity index (χ4v) is 4.94. The Morgan fingerprint density at radius 1 is 1.11 bits per heavy atom. The molecule has 35 heavy (non-hydrogen) atoms. The highest BCUT2D eigenvalue weighted by atomic mass is 32.2. The van der Waals surface area contributed by atoms with E-state index in [2.05, 4.69) is 30.7 Å². The Bertz CT molecular complexity index is 1470. The number of nitrogens with zero attached hydrogens (tertiary/aromatic N) is 4. The lowest BCUT2D eigenvalue weighted by molar-refractivity contribution is 0.252. The number of urea groups is 1. The van der Waals surface area contributed by atoms with Crippen molar-refractivity contribution < 1.29 is 17.7 Å². The number of benzene rings is 1. The molecule has 184 valence electrons. The summed E-state index contributed by atoms with van der Waals surface area (Å²) in [5.41, 5.74) is 2.84. The van der Waals surface area contributed by atoms with Gasteiger partial charge in [0.05, 0.1) is 16.0 Å². The van der Waals surface area contributed by atoms with Crippen molar-refractivity contribution in [3.8, 4) is 11.1 Å². The van der Waals surface area contributed by atoms with Gasteiger partial charge in [0, 0.05) is 42.6 Å². The van der Waals surface area contributed by atoms with E-state index < -0.39 is 9.84 Å². The van der Waals surface area contributed by atoms with E-state index in [4.69, 9.17) is 4.52 Å². The zero-order valence-corrected chi connectivity index (χ0v) is 21.5. The maximum absolute atomic E-state index is 12.3. The van der Waals surface area contributed by atoms with Crippen LogP contribution in [0.3, 0.4) is 0 Å². The Kier molecular flexibility index (Phi) is 6.86. The average Bonchev–Trinajstić information content (AvgIpc) is 3.38. The Morgan fingerprint density at radius 3 is 2.63 bits per heavy atom. The van der Waals surface area contributed by atoms with Crippen molar-refractivity contribution in [3.63, 3.8) is 0 Å². The van der Waals surface area contributed by atoms with Crippen LogP contribution < -0.4 is 10.6 Å². The zero-order valence-electron chi connectivity index (χ0n) is 19.8. The van der Waals surface area contributed by atoms with Crippen LogP contribution in [0.25, 0.3) is 21.3 Å². The first kappa shape index (κ1) is 24.7. The molecule has 0 unspecified atom stereocenters. The molecule has 2 amide bonds. The molecule has 0 aliphatic heterocycles. The molecule has 4 rings (SSSR count). The van der Waals surface area contributed by atoms with Crippen LogP contribution in [0, 0.1) is 0 Å². The number of carbonyl (C=O) groups excluding carboxylic acids is 1. The van der Waals surface area contributed by atoms with Gasteiger partial charge in [-0.3, -0.25) is 10.3 Å². The lowest BCUT2D eigenvalue weighted by Gasteiger charge is -2.10. The van der Waals surface area contributed by atoms with Crippen LogP contribution in [-0.2, 0) is 27.4 Å². The van der Waals surface area contributed by atoms with Gasteiger partial charge in [0.15, 0.2) is 20.8 Å². The fourth-order valence-electron chi connectivity index (χ4n) is 3.27. The van der Waals surface area contributed by atoms with E-state index in [9.17, 15) is 13.2 Å². The molecule has 12 heteroatoms. The molecule has 0 atom stereocenters. The molecule has 3 heterocycles. The summed E-state index contributed by atoms with van der Waals surface area (Å²) in [6.07, 6.45) is 4.89. The second-order valence-electron chi connectivity index (χ2n) is 9.25. The number of sulfone groups is 1. The molecule has 0 aliphatic carbocycles. The van der Waals surface area contributed by atoms with Crippen molar-refractivity contribution in [1.82, 2.24) is 25.4 Å². The van der Waals surface area contributed by atoms with Gasteiger partial charge in [-0.15, -0.1) is 0 Å². The molecule has 2 N–H and O–H groups in total. The van der Waals surface area contributed by atoms with Crippen LogP contribution in [0.4, 0.5) is 9.93 Å². The van der Waals surface area contributed by atoms with Crippen LogP contribution in [0.2, 0.25) is 0 Å². The molecule has 0 spiro atoms. The Hall–Kier alpha value is -3.38. The van der Waals surface area contributed by atoms with E-state index in [-0.39, 0.29) is 17.2 Å². The van der Waals surface area contributed by atoms with E-state index in [1.165, 1.54) is 17.6 Å².